The van der Waals surface area contributed by atoms with Crippen LogP contribution in [0.15, 0.2) is 24.3 Å². The first-order valence-electron chi connectivity index (χ1n) is 12.8. The molecule has 0 radical (unpaired) electrons. The minimum atomic E-state index is -0.997. The standard InChI is InChI=1S/C20H35NO3.C6H15NO3/c1-2-3-4-5-6-7-8-9-10-11-12-13-14-15-16-17-19(22)21-18-20(23)24;8-4-1-7(2-5-9)3-6-10/h6-7,9-10H,2-5,8,11-18H2,1H3,(H,21,22)(H,23,24);8-10H,1-6H2/b7-6-,10-9-;. The molecule has 200 valence electrons. The second-order valence-corrected chi connectivity index (χ2v) is 8.16. The molecule has 0 atom stereocenters. The van der Waals surface area contributed by atoms with Gasteiger partial charge >= 0.3 is 5.97 Å². The number of carboxylic acid groups (broad SMARTS) is 1. The molecule has 0 aliphatic rings. The van der Waals surface area contributed by atoms with Crippen LogP contribution in [-0.4, -0.2) is 83.2 Å². The minimum absolute atomic E-state index is 0.0694. The van der Waals surface area contributed by atoms with Crippen LogP contribution in [0.2, 0.25) is 0 Å². The molecule has 0 aromatic heterocycles. The van der Waals surface area contributed by atoms with Gasteiger partial charge in [0.15, 0.2) is 0 Å². The molecule has 0 spiro atoms. The monoisotopic (exact) mass is 486 g/mol. The largest absolute Gasteiger partial charge is 0.480 e. The number of aliphatic carboxylic acids is 1. The molecule has 8 heteroatoms. The predicted octanol–water partition coefficient (Wildman–Crippen LogP) is 3.27. The van der Waals surface area contributed by atoms with Crippen LogP contribution in [0.3, 0.4) is 0 Å². The van der Waals surface area contributed by atoms with Crippen molar-refractivity contribution >= 4 is 11.9 Å². The number of allylic oxidation sites excluding steroid dienone is 4. The van der Waals surface area contributed by atoms with Crippen molar-refractivity contribution in [3.05, 3.63) is 24.3 Å². The Morgan fingerprint density at radius 1 is 0.735 bits per heavy atom. The summed E-state index contributed by atoms with van der Waals surface area (Å²) in [7, 11) is 0. The smallest absolute Gasteiger partial charge is 0.322 e. The van der Waals surface area contributed by atoms with Crippen LogP contribution in [-0.2, 0) is 9.59 Å². The van der Waals surface area contributed by atoms with Gasteiger partial charge in [-0.25, -0.2) is 0 Å². The molecule has 34 heavy (non-hydrogen) atoms. The van der Waals surface area contributed by atoms with Crippen molar-refractivity contribution in [3.63, 3.8) is 0 Å². The molecule has 0 saturated heterocycles. The second-order valence-electron chi connectivity index (χ2n) is 8.16. The van der Waals surface area contributed by atoms with Crippen molar-refractivity contribution in [2.24, 2.45) is 0 Å². The van der Waals surface area contributed by atoms with Crippen LogP contribution in [0.5, 0.6) is 0 Å². The zero-order valence-corrected chi connectivity index (χ0v) is 21.3. The third-order valence-electron chi connectivity index (χ3n) is 5.04. The van der Waals surface area contributed by atoms with E-state index in [1.54, 1.807) is 4.90 Å². The number of aliphatic hydroxyl groups is 3. The summed E-state index contributed by atoms with van der Waals surface area (Å²) in [6.07, 6.45) is 22.1. The fourth-order valence-corrected chi connectivity index (χ4v) is 3.12. The lowest BCUT2D eigenvalue weighted by Crippen LogP contribution is -2.32. The summed E-state index contributed by atoms with van der Waals surface area (Å²) in [5.41, 5.74) is 0. The highest BCUT2D eigenvalue weighted by Crippen LogP contribution is 2.08. The summed E-state index contributed by atoms with van der Waals surface area (Å²) >= 11 is 0. The number of carboxylic acids is 1. The van der Waals surface area contributed by atoms with E-state index in [0.717, 1.165) is 32.1 Å². The van der Waals surface area contributed by atoms with E-state index in [-0.39, 0.29) is 32.3 Å². The van der Waals surface area contributed by atoms with Crippen molar-refractivity contribution in [1.29, 1.82) is 0 Å². The van der Waals surface area contributed by atoms with Crippen molar-refractivity contribution in [2.75, 3.05) is 46.0 Å². The van der Waals surface area contributed by atoms with Gasteiger partial charge in [0.1, 0.15) is 6.54 Å². The Bertz CT molecular complexity index is 497. The SMILES string of the molecule is CCCCC/C=C\C/C=C\CCCCCCCC(=O)NCC(=O)O.OCCN(CCO)CCO. The molecular weight excluding hydrogens is 436 g/mol. The molecule has 0 unspecified atom stereocenters. The van der Waals surface area contributed by atoms with Gasteiger partial charge in [-0.05, 0) is 38.5 Å². The van der Waals surface area contributed by atoms with E-state index in [1.807, 2.05) is 0 Å². The molecule has 0 aromatic carbocycles. The summed E-state index contributed by atoms with van der Waals surface area (Å²) in [6, 6.07) is 0. The zero-order chi connectivity index (χ0) is 25.7. The molecule has 0 aromatic rings. The highest BCUT2D eigenvalue weighted by Gasteiger charge is 2.03. The molecular formula is C26H50N2O6. The third kappa shape index (κ3) is 30.3. The van der Waals surface area contributed by atoms with Gasteiger partial charge < -0.3 is 25.7 Å². The van der Waals surface area contributed by atoms with Gasteiger partial charge in [-0.2, -0.15) is 0 Å². The van der Waals surface area contributed by atoms with Gasteiger partial charge in [-0.1, -0.05) is 63.3 Å². The van der Waals surface area contributed by atoms with Gasteiger partial charge in [0.25, 0.3) is 0 Å². The number of aliphatic hydroxyl groups excluding tert-OH is 3. The lowest BCUT2D eigenvalue weighted by molar-refractivity contribution is -0.137. The maximum absolute atomic E-state index is 11.3. The first-order valence-corrected chi connectivity index (χ1v) is 12.8. The van der Waals surface area contributed by atoms with Crippen molar-refractivity contribution in [3.8, 4) is 0 Å². The number of unbranched alkanes of at least 4 members (excludes halogenated alkanes) is 8. The lowest BCUT2D eigenvalue weighted by atomic mass is 10.1. The van der Waals surface area contributed by atoms with Crippen LogP contribution >= 0.6 is 0 Å². The van der Waals surface area contributed by atoms with Crippen LogP contribution in [0.1, 0.15) is 84.0 Å². The number of carbonyl (C=O) groups is 2. The van der Waals surface area contributed by atoms with Gasteiger partial charge in [0, 0.05) is 26.1 Å². The Kier molecular flexibility index (Phi) is 29.7. The van der Waals surface area contributed by atoms with Gasteiger partial charge in [0.05, 0.1) is 19.8 Å². The van der Waals surface area contributed by atoms with Crippen LogP contribution < -0.4 is 5.32 Å². The van der Waals surface area contributed by atoms with Crippen LogP contribution in [0, 0.1) is 0 Å². The summed E-state index contributed by atoms with van der Waals surface area (Å²) in [5, 5.41) is 36.3. The normalized spacial score (nSPS) is 11.2. The second kappa shape index (κ2) is 29.3. The molecule has 1 amide bonds. The van der Waals surface area contributed by atoms with Crippen LogP contribution in [0.25, 0.3) is 0 Å². The lowest BCUT2D eigenvalue weighted by Gasteiger charge is -2.17. The zero-order valence-electron chi connectivity index (χ0n) is 21.3. The number of carbonyl (C=O) groups excluding carboxylic acids is 1. The number of amides is 1. The van der Waals surface area contributed by atoms with E-state index in [4.69, 9.17) is 20.4 Å². The van der Waals surface area contributed by atoms with E-state index in [2.05, 4.69) is 36.5 Å². The van der Waals surface area contributed by atoms with E-state index in [1.165, 1.54) is 38.5 Å². The van der Waals surface area contributed by atoms with Crippen LogP contribution in [0.4, 0.5) is 0 Å². The van der Waals surface area contributed by atoms with Crippen molar-refractivity contribution in [2.45, 2.75) is 84.0 Å². The molecule has 8 nitrogen and oxygen atoms in total. The van der Waals surface area contributed by atoms with E-state index in [0.29, 0.717) is 26.1 Å². The Morgan fingerprint density at radius 3 is 1.74 bits per heavy atom. The fraction of sp³-hybridized carbons (Fsp3) is 0.769. The molecule has 0 heterocycles. The molecule has 0 bridgehead atoms. The maximum Gasteiger partial charge on any atom is 0.322 e. The molecule has 0 fully saturated rings. The predicted molar refractivity (Wildman–Crippen MR) is 138 cm³/mol. The van der Waals surface area contributed by atoms with Gasteiger partial charge in [0.2, 0.25) is 5.91 Å². The minimum Gasteiger partial charge on any atom is -0.480 e. The summed E-state index contributed by atoms with van der Waals surface area (Å²) < 4.78 is 0. The summed E-state index contributed by atoms with van der Waals surface area (Å²) in [5.74, 6) is -1.16. The first kappa shape index (κ1) is 34.4. The van der Waals surface area contributed by atoms with Gasteiger partial charge in [-0.3, -0.25) is 14.5 Å². The topological polar surface area (TPSA) is 130 Å². The van der Waals surface area contributed by atoms with E-state index < -0.39 is 5.97 Å². The van der Waals surface area contributed by atoms with Gasteiger partial charge in [-0.15, -0.1) is 0 Å². The molecule has 0 aliphatic carbocycles. The molecule has 0 aliphatic heterocycles. The summed E-state index contributed by atoms with van der Waals surface area (Å²) in [4.78, 5) is 23.4. The molecule has 5 N–H and O–H groups in total. The molecule has 0 rings (SSSR count). The Labute approximate surface area is 206 Å². The Balaban J connectivity index is 0. The highest BCUT2D eigenvalue weighted by molar-refractivity contribution is 5.80. The number of hydrogen-bond donors (Lipinski definition) is 5. The number of nitrogens with zero attached hydrogens (tertiary/aromatic N) is 1. The number of hydrogen-bond acceptors (Lipinski definition) is 6. The van der Waals surface area contributed by atoms with Crippen molar-refractivity contribution in [1.82, 2.24) is 10.2 Å². The maximum atomic E-state index is 11.3. The average molecular weight is 487 g/mol. The number of nitrogens with one attached hydrogen (secondary N) is 1. The highest BCUT2D eigenvalue weighted by atomic mass is 16.4. The van der Waals surface area contributed by atoms with Crippen molar-refractivity contribution < 1.29 is 30.0 Å². The van der Waals surface area contributed by atoms with E-state index in [9.17, 15) is 9.59 Å². The third-order valence-corrected chi connectivity index (χ3v) is 5.04. The summed E-state index contributed by atoms with van der Waals surface area (Å²) in [6.45, 7) is 3.70. The molecule has 0 saturated carbocycles. The number of rotatable bonds is 22. The quantitative estimate of drug-likeness (QED) is 0.117. The first-order chi connectivity index (χ1) is 16.5. The Morgan fingerprint density at radius 2 is 1.24 bits per heavy atom. The average Bonchev–Trinajstić information content (AvgIpc) is 2.81. The Hall–Kier alpha value is -1.74. The fourth-order valence-electron chi connectivity index (χ4n) is 3.12. The van der Waals surface area contributed by atoms with E-state index >= 15 is 0 Å².